The smallest absolute Gasteiger partial charge is 0.270 e. The average Bonchev–Trinajstić information content (AvgIpc) is 2.77. The molecular formula is C17H22N2O. The van der Waals surface area contributed by atoms with E-state index in [-0.39, 0.29) is 5.91 Å². The van der Waals surface area contributed by atoms with Gasteiger partial charge >= 0.3 is 0 Å². The molecule has 0 spiro atoms. The van der Waals surface area contributed by atoms with Gasteiger partial charge < -0.3 is 9.88 Å². The third kappa shape index (κ3) is 2.45. The lowest BCUT2D eigenvalue weighted by Gasteiger charge is -2.28. The summed E-state index contributed by atoms with van der Waals surface area (Å²) in [5.74, 6) is 0.162. The van der Waals surface area contributed by atoms with Gasteiger partial charge in [0.15, 0.2) is 0 Å². The number of hydrogen-bond donors (Lipinski definition) is 1. The lowest BCUT2D eigenvalue weighted by atomic mass is 10.1. The van der Waals surface area contributed by atoms with E-state index in [9.17, 15) is 4.79 Å². The Bertz CT molecular complexity index is 569. The number of nitrogens with one attached hydrogen (secondary N) is 1. The Morgan fingerprint density at radius 2 is 2.15 bits per heavy atom. The molecule has 3 nitrogen and oxygen atoms in total. The number of fused-ring (bicyclic) bond motifs is 1. The van der Waals surface area contributed by atoms with Gasteiger partial charge in [-0.1, -0.05) is 38.0 Å². The maximum Gasteiger partial charge on any atom is 0.270 e. The predicted molar refractivity (Wildman–Crippen MR) is 81.9 cm³/mol. The van der Waals surface area contributed by atoms with Gasteiger partial charge in [0, 0.05) is 23.5 Å². The number of rotatable bonds is 2. The standard InChI is InChI=1S/C17H22N2O/c1-2-14-9-4-3-7-11-19(14)17(20)16-12-13-8-5-6-10-15(13)18-16/h5-6,8,10,12,14,18H,2-4,7,9,11H2,1H3. The fourth-order valence-electron chi connectivity index (χ4n) is 3.21. The summed E-state index contributed by atoms with van der Waals surface area (Å²) in [7, 11) is 0. The van der Waals surface area contributed by atoms with Gasteiger partial charge in [0.05, 0.1) is 0 Å². The van der Waals surface area contributed by atoms with Gasteiger partial charge in [0.2, 0.25) is 0 Å². The molecule has 1 fully saturated rings. The van der Waals surface area contributed by atoms with Crippen LogP contribution in [-0.2, 0) is 0 Å². The van der Waals surface area contributed by atoms with Crippen LogP contribution < -0.4 is 0 Å². The first-order valence-electron chi connectivity index (χ1n) is 7.68. The molecule has 1 aliphatic heterocycles. The lowest BCUT2D eigenvalue weighted by molar-refractivity contribution is 0.0673. The summed E-state index contributed by atoms with van der Waals surface area (Å²) in [5, 5.41) is 1.11. The molecule has 2 aromatic rings. The van der Waals surface area contributed by atoms with Crippen LogP contribution >= 0.6 is 0 Å². The highest BCUT2D eigenvalue weighted by Crippen LogP contribution is 2.23. The number of benzene rings is 1. The zero-order valence-electron chi connectivity index (χ0n) is 12.1. The van der Waals surface area contributed by atoms with E-state index in [1.165, 1.54) is 12.8 Å². The molecule has 20 heavy (non-hydrogen) atoms. The first-order chi connectivity index (χ1) is 9.79. The average molecular weight is 270 g/mol. The molecule has 0 saturated carbocycles. The van der Waals surface area contributed by atoms with E-state index in [1.54, 1.807) is 0 Å². The second-order valence-corrected chi connectivity index (χ2v) is 5.68. The highest BCUT2D eigenvalue weighted by atomic mass is 16.2. The first-order valence-corrected chi connectivity index (χ1v) is 7.68. The third-order valence-electron chi connectivity index (χ3n) is 4.37. The molecule has 1 aromatic carbocycles. The van der Waals surface area contributed by atoms with Gasteiger partial charge in [-0.2, -0.15) is 0 Å². The minimum absolute atomic E-state index is 0.162. The molecule has 106 valence electrons. The van der Waals surface area contributed by atoms with Crippen LogP contribution in [-0.4, -0.2) is 28.4 Å². The number of nitrogens with zero attached hydrogens (tertiary/aromatic N) is 1. The van der Waals surface area contributed by atoms with E-state index < -0.39 is 0 Å². The number of amides is 1. The van der Waals surface area contributed by atoms with Crippen molar-refractivity contribution in [3.8, 4) is 0 Å². The van der Waals surface area contributed by atoms with Crippen molar-refractivity contribution in [2.75, 3.05) is 6.54 Å². The zero-order chi connectivity index (χ0) is 13.9. The van der Waals surface area contributed by atoms with E-state index in [2.05, 4.69) is 16.8 Å². The third-order valence-corrected chi connectivity index (χ3v) is 4.37. The van der Waals surface area contributed by atoms with Crippen LogP contribution in [0.2, 0.25) is 0 Å². The zero-order valence-corrected chi connectivity index (χ0v) is 12.1. The SMILES string of the molecule is CCC1CCCCCN1C(=O)c1cc2ccccc2[nH]1. The quantitative estimate of drug-likeness (QED) is 0.881. The maximum absolute atomic E-state index is 12.8. The normalized spacial score (nSPS) is 20.1. The Balaban J connectivity index is 1.89. The van der Waals surface area contributed by atoms with Crippen LogP contribution in [0, 0.1) is 0 Å². The number of aromatic amines is 1. The molecule has 0 aliphatic carbocycles. The summed E-state index contributed by atoms with van der Waals surface area (Å²) < 4.78 is 0. The number of carbonyl (C=O) groups excluding carboxylic acids is 1. The topological polar surface area (TPSA) is 36.1 Å². The number of aromatic nitrogens is 1. The number of para-hydroxylation sites is 1. The molecule has 1 saturated heterocycles. The fraction of sp³-hybridized carbons (Fsp3) is 0.471. The molecule has 0 bridgehead atoms. The molecule has 2 heterocycles. The van der Waals surface area contributed by atoms with Crippen molar-refractivity contribution in [3.05, 3.63) is 36.0 Å². The first kappa shape index (κ1) is 13.2. The number of H-pyrrole nitrogens is 1. The predicted octanol–water partition coefficient (Wildman–Crippen LogP) is 3.96. The second kappa shape index (κ2) is 5.70. The molecule has 1 unspecified atom stereocenters. The van der Waals surface area contributed by atoms with E-state index >= 15 is 0 Å². The highest BCUT2D eigenvalue weighted by molar-refractivity contribution is 5.98. The van der Waals surface area contributed by atoms with Crippen LogP contribution in [0.5, 0.6) is 0 Å². The fourth-order valence-corrected chi connectivity index (χ4v) is 3.21. The van der Waals surface area contributed by atoms with Crippen molar-refractivity contribution >= 4 is 16.8 Å². The Hall–Kier alpha value is -1.77. The molecule has 1 amide bonds. The monoisotopic (exact) mass is 270 g/mol. The van der Waals surface area contributed by atoms with Crippen molar-refractivity contribution in [2.45, 2.75) is 45.1 Å². The Labute approximate surface area is 120 Å². The summed E-state index contributed by atoms with van der Waals surface area (Å²) in [6, 6.07) is 10.4. The van der Waals surface area contributed by atoms with Gasteiger partial charge in [0.25, 0.3) is 5.91 Å². The molecule has 1 atom stereocenters. The Morgan fingerprint density at radius 1 is 1.30 bits per heavy atom. The van der Waals surface area contributed by atoms with Crippen LogP contribution in [0.4, 0.5) is 0 Å². The van der Waals surface area contributed by atoms with Crippen LogP contribution in [0.15, 0.2) is 30.3 Å². The summed E-state index contributed by atoms with van der Waals surface area (Å²) in [5.41, 5.74) is 1.77. The molecule has 1 aromatic heterocycles. The number of likely N-dealkylation sites (tertiary alicyclic amines) is 1. The van der Waals surface area contributed by atoms with Gasteiger partial charge in [-0.05, 0) is 31.4 Å². The number of hydrogen-bond acceptors (Lipinski definition) is 1. The van der Waals surface area contributed by atoms with Crippen LogP contribution in [0.3, 0.4) is 0 Å². The Kier molecular flexibility index (Phi) is 3.77. The molecular weight excluding hydrogens is 248 g/mol. The van der Waals surface area contributed by atoms with Crippen molar-refractivity contribution in [1.82, 2.24) is 9.88 Å². The van der Waals surface area contributed by atoms with E-state index in [1.807, 2.05) is 30.3 Å². The lowest BCUT2D eigenvalue weighted by Crippen LogP contribution is -2.39. The molecule has 3 rings (SSSR count). The van der Waals surface area contributed by atoms with Crippen molar-refractivity contribution in [2.24, 2.45) is 0 Å². The van der Waals surface area contributed by atoms with Gasteiger partial charge in [0.1, 0.15) is 5.69 Å². The van der Waals surface area contributed by atoms with E-state index in [4.69, 9.17) is 0 Å². The van der Waals surface area contributed by atoms with Crippen LogP contribution in [0.1, 0.15) is 49.5 Å². The molecule has 3 heteroatoms. The van der Waals surface area contributed by atoms with Crippen molar-refractivity contribution in [1.29, 1.82) is 0 Å². The largest absolute Gasteiger partial charge is 0.351 e. The van der Waals surface area contributed by atoms with Gasteiger partial charge in [-0.15, -0.1) is 0 Å². The molecule has 0 radical (unpaired) electrons. The summed E-state index contributed by atoms with van der Waals surface area (Å²) >= 11 is 0. The maximum atomic E-state index is 12.8. The molecule has 1 N–H and O–H groups in total. The van der Waals surface area contributed by atoms with Crippen molar-refractivity contribution < 1.29 is 4.79 Å². The minimum Gasteiger partial charge on any atom is -0.351 e. The second-order valence-electron chi connectivity index (χ2n) is 5.68. The van der Waals surface area contributed by atoms with Gasteiger partial charge in [-0.25, -0.2) is 0 Å². The Morgan fingerprint density at radius 3 is 2.95 bits per heavy atom. The van der Waals surface area contributed by atoms with Crippen molar-refractivity contribution in [3.63, 3.8) is 0 Å². The van der Waals surface area contributed by atoms with Crippen LogP contribution in [0.25, 0.3) is 10.9 Å². The van der Waals surface area contributed by atoms with Gasteiger partial charge in [-0.3, -0.25) is 4.79 Å². The van der Waals surface area contributed by atoms with E-state index in [0.29, 0.717) is 6.04 Å². The highest BCUT2D eigenvalue weighted by Gasteiger charge is 2.25. The summed E-state index contributed by atoms with van der Waals surface area (Å²) in [6.45, 7) is 3.08. The number of carbonyl (C=O) groups is 1. The summed E-state index contributed by atoms with van der Waals surface area (Å²) in [6.07, 6.45) is 5.80. The summed E-state index contributed by atoms with van der Waals surface area (Å²) in [4.78, 5) is 18.1. The van der Waals surface area contributed by atoms with E-state index in [0.717, 1.165) is 42.4 Å². The molecule has 1 aliphatic rings. The minimum atomic E-state index is 0.162.